The third-order valence-electron chi connectivity index (χ3n) is 4.23. The van der Waals surface area contributed by atoms with Crippen LogP contribution in [0, 0.1) is 6.92 Å². The predicted molar refractivity (Wildman–Crippen MR) is 117 cm³/mol. The van der Waals surface area contributed by atoms with Gasteiger partial charge >= 0.3 is 6.01 Å². The minimum absolute atomic E-state index is 0.383. The first-order valence-electron chi connectivity index (χ1n) is 9.20. The number of ether oxygens (including phenoxy) is 1. The number of aryl methyl sites for hydroxylation is 1. The van der Waals surface area contributed by atoms with E-state index in [1.54, 1.807) is 4.52 Å². The molecule has 148 valence electrons. The van der Waals surface area contributed by atoms with Gasteiger partial charge in [-0.3, -0.25) is 0 Å². The fraction of sp³-hybridized carbons (Fsp3) is 0.227. The van der Waals surface area contributed by atoms with Gasteiger partial charge in [0.15, 0.2) is 5.65 Å². The maximum absolute atomic E-state index is 6.51. The maximum atomic E-state index is 6.51. The van der Waals surface area contributed by atoms with Gasteiger partial charge in [0.25, 0.3) is 0 Å². The molecule has 0 aliphatic carbocycles. The van der Waals surface area contributed by atoms with Crippen LogP contribution in [-0.4, -0.2) is 25.2 Å². The molecule has 0 atom stereocenters. The molecule has 0 saturated heterocycles. The predicted octanol–water partition coefficient (Wildman–Crippen LogP) is 6.25. The van der Waals surface area contributed by atoms with Crippen molar-refractivity contribution in [1.29, 1.82) is 0 Å². The number of rotatable bonds is 3. The Bertz CT molecular complexity index is 1190. The minimum atomic E-state index is -0.440. The molecule has 5 nitrogen and oxygen atoms in total. The number of fused-ring (bicyclic) bond motifs is 1. The van der Waals surface area contributed by atoms with E-state index in [1.165, 1.54) is 0 Å². The Hall–Kier alpha value is -2.63. The van der Waals surface area contributed by atoms with Crippen LogP contribution in [0.15, 0.2) is 48.5 Å². The summed E-state index contributed by atoms with van der Waals surface area (Å²) in [4.78, 5) is 9.15. The summed E-state index contributed by atoms with van der Waals surface area (Å²) < 4.78 is 7.72. The highest BCUT2D eigenvalue weighted by molar-refractivity contribution is 6.33. The van der Waals surface area contributed by atoms with Crippen molar-refractivity contribution in [1.82, 2.24) is 19.6 Å². The second-order valence-electron chi connectivity index (χ2n) is 7.71. The molecule has 0 unspecified atom stereocenters. The third kappa shape index (κ3) is 3.93. The van der Waals surface area contributed by atoms with Crippen LogP contribution in [0.4, 0.5) is 0 Å². The van der Waals surface area contributed by atoms with Gasteiger partial charge in [-0.1, -0.05) is 53.5 Å². The van der Waals surface area contributed by atoms with E-state index >= 15 is 0 Å². The molecule has 4 aromatic rings. The van der Waals surface area contributed by atoms with Gasteiger partial charge in [0.1, 0.15) is 17.1 Å². The number of hydrogen-bond acceptors (Lipinski definition) is 4. The summed E-state index contributed by atoms with van der Waals surface area (Å²) in [5, 5.41) is 6.08. The minimum Gasteiger partial charge on any atom is -0.458 e. The van der Waals surface area contributed by atoms with Gasteiger partial charge in [-0.25, -0.2) is 4.98 Å². The highest BCUT2D eigenvalue weighted by Crippen LogP contribution is 2.38. The van der Waals surface area contributed by atoms with Gasteiger partial charge in [-0.2, -0.15) is 14.6 Å². The molecule has 7 heteroatoms. The highest BCUT2D eigenvalue weighted by atomic mass is 35.5. The molecule has 0 amide bonds. The van der Waals surface area contributed by atoms with Gasteiger partial charge in [0, 0.05) is 10.6 Å². The summed E-state index contributed by atoms with van der Waals surface area (Å²) in [6.45, 7) is 7.74. The van der Waals surface area contributed by atoms with Gasteiger partial charge in [-0.15, -0.1) is 0 Å². The summed E-state index contributed by atoms with van der Waals surface area (Å²) in [6, 6.07) is 15.6. The largest absolute Gasteiger partial charge is 0.458 e. The van der Waals surface area contributed by atoms with Crippen LogP contribution in [0.3, 0.4) is 0 Å². The SMILES string of the molecule is Cc1nc(OC(C)(C)C)n2nc(-c3ccccc3Cl)c(-c3ccc(Cl)cc3)c2n1. The smallest absolute Gasteiger partial charge is 0.321 e. The Balaban J connectivity index is 2.08. The molecule has 2 aromatic carbocycles. The van der Waals surface area contributed by atoms with E-state index in [-0.39, 0.29) is 0 Å². The highest BCUT2D eigenvalue weighted by Gasteiger charge is 2.24. The van der Waals surface area contributed by atoms with Crippen molar-refractivity contribution in [2.24, 2.45) is 0 Å². The lowest BCUT2D eigenvalue weighted by Gasteiger charge is -2.20. The molecular formula is C22H20Cl2N4O. The molecule has 0 N–H and O–H groups in total. The topological polar surface area (TPSA) is 52.3 Å². The number of hydrogen-bond donors (Lipinski definition) is 0. The molecule has 2 aromatic heterocycles. The van der Waals surface area contributed by atoms with E-state index in [2.05, 4.69) is 9.97 Å². The molecule has 0 bridgehead atoms. The molecule has 2 heterocycles. The van der Waals surface area contributed by atoms with Crippen molar-refractivity contribution < 1.29 is 4.74 Å². The van der Waals surface area contributed by atoms with E-state index in [1.807, 2.05) is 76.2 Å². The summed E-state index contributed by atoms with van der Waals surface area (Å²) in [5.41, 5.74) is 3.50. The molecule has 0 saturated carbocycles. The van der Waals surface area contributed by atoms with E-state index in [0.29, 0.717) is 33.2 Å². The Morgan fingerprint density at radius 1 is 0.931 bits per heavy atom. The van der Waals surface area contributed by atoms with Crippen LogP contribution in [0.25, 0.3) is 28.0 Å². The third-order valence-corrected chi connectivity index (χ3v) is 4.81. The summed E-state index contributed by atoms with van der Waals surface area (Å²) >= 11 is 12.6. The summed E-state index contributed by atoms with van der Waals surface area (Å²) in [7, 11) is 0. The van der Waals surface area contributed by atoms with Crippen molar-refractivity contribution in [3.8, 4) is 28.4 Å². The monoisotopic (exact) mass is 426 g/mol. The first-order valence-corrected chi connectivity index (χ1v) is 9.96. The number of benzene rings is 2. The van der Waals surface area contributed by atoms with E-state index < -0.39 is 5.60 Å². The van der Waals surface area contributed by atoms with Gasteiger partial charge < -0.3 is 4.74 Å². The average Bonchev–Trinajstić information content (AvgIpc) is 3.01. The average molecular weight is 427 g/mol. The molecule has 4 rings (SSSR count). The summed E-state index contributed by atoms with van der Waals surface area (Å²) in [5.74, 6) is 0.595. The molecule has 29 heavy (non-hydrogen) atoms. The van der Waals surface area contributed by atoms with E-state index in [0.717, 1.165) is 16.7 Å². The summed E-state index contributed by atoms with van der Waals surface area (Å²) in [6.07, 6.45) is 0. The number of halogens is 2. The van der Waals surface area contributed by atoms with Gasteiger partial charge in [0.2, 0.25) is 0 Å². The molecule has 0 aliphatic rings. The van der Waals surface area contributed by atoms with Crippen LogP contribution in [0.1, 0.15) is 26.6 Å². The van der Waals surface area contributed by atoms with Crippen molar-refractivity contribution in [3.63, 3.8) is 0 Å². The lowest BCUT2D eigenvalue weighted by atomic mass is 10.0. The fourth-order valence-corrected chi connectivity index (χ4v) is 3.43. The zero-order valence-corrected chi connectivity index (χ0v) is 18.1. The first-order chi connectivity index (χ1) is 13.7. The van der Waals surface area contributed by atoms with Crippen molar-refractivity contribution >= 4 is 28.8 Å². The van der Waals surface area contributed by atoms with E-state index in [4.69, 9.17) is 33.0 Å². The van der Waals surface area contributed by atoms with Crippen LogP contribution in [-0.2, 0) is 0 Å². The van der Waals surface area contributed by atoms with Crippen LogP contribution in [0.5, 0.6) is 6.01 Å². The Morgan fingerprint density at radius 3 is 2.28 bits per heavy atom. The fourth-order valence-electron chi connectivity index (χ4n) is 3.07. The Labute approximate surface area is 179 Å². The van der Waals surface area contributed by atoms with Gasteiger partial charge in [-0.05, 0) is 51.5 Å². The lowest BCUT2D eigenvalue weighted by molar-refractivity contribution is 0.112. The second kappa shape index (κ2) is 7.32. The van der Waals surface area contributed by atoms with Crippen LogP contribution >= 0.6 is 23.2 Å². The Morgan fingerprint density at radius 2 is 1.62 bits per heavy atom. The zero-order chi connectivity index (χ0) is 20.8. The molecular weight excluding hydrogens is 407 g/mol. The Kier molecular flexibility index (Phi) is 4.97. The molecule has 0 fully saturated rings. The van der Waals surface area contributed by atoms with Crippen molar-refractivity contribution in [2.45, 2.75) is 33.3 Å². The quantitative estimate of drug-likeness (QED) is 0.388. The molecule has 0 aliphatic heterocycles. The van der Waals surface area contributed by atoms with Gasteiger partial charge in [0.05, 0.1) is 10.6 Å². The molecule has 0 spiro atoms. The van der Waals surface area contributed by atoms with Crippen molar-refractivity contribution in [3.05, 3.63) is 64.4 Å². The second-order valence-corrected chi connectivity index (χ2v) is 8.56. The van der Waals surface area contributed by atoms with Crippen molar-refractivity contribution in [2.75, 3.05) is 0 Å². The lowest BCUT2D eigenvalue weighted by Crippen LogP contribution is -2.25. The normalized spacial score (nSPS) is 11.8. The molecule has 0 radical (unpaired) electrons. The maximum Gasteiger partial charge on any atom is 0.321 e. The zero-order valence-electron chi connectivity index (χ0n) is 16.6. The standard InChI is InChI=1S/C22H20Cl2N4O/c1-13-25-20-18(14-9-11-15(23)12-10-14)19(16-7-5-6-8-17(16)24)27-28(20)21(26-13)29-22(2,3)4/h5-12H,1-4H3. The van der Waals surface area contributed by atoms with Crippen LogP contribution in [0.2, 0.25) is 10.0 Å². The van der Waals surface area contributed by atoms with E-state index in [9.17, 15) is 0 Å². The first kappa shape index (κ1) is 19.7. The number of aromatic nitrogens is 4. The number of nitrogens with zero attached hydrogens (tertiary/aromatic N) is 4. The van der Waals surface area contributed by atoms with Crippen LogP contribution < -0.4 is 4.74 Å².